The van der Waals surface area contributed by atoms with Crippen molar-refractivity contribution >= 4 is 40.6 Å². The van der Waals surface area contributed by atoms with Crippen molar-refractivity contribution in [3.05, 3.63) is 75.4 Å². The maximum Gasteiger partial charge on any atom is 0.410 e. The number of carbonyl (C=O) groups is 1. The Morgan fingerprint density at radius 3 is 2.58 bits per heavy atom. The first kappa shape index (κ1) is 21.5. The molecule has 31 heavy (non-hydrogen) atoms. The van der Waals surface area contributed by atoms with Crippen molar-refractivity contribution in [1.82, 2.24) is 9.78 Å². The molecule has 0 bridgehead atoms. The number of hydrogen-bond acceptors (Lipinski definition) is 3. The molecule has 2 heterocycles. The van der Waals surface area contributed by atoms with Gasteiger partial charge in [-0.2, -0.15) is 18.3 Å². The van der Waals surface area contributed by atoms with Crippen molar-refractivity contribution in [3.8, 4) is 0 Å². The number of rotatable bonds is 3. The van der Waals surface area contributed by atoms with Crippen LogP contribution in [0, 0.1) is 6.92 Å². The van der Waals surface area contributed by atoms with Gasteiger partial charge in [-0.1, -0.05) is 59.1 Å². The van der Waals surface area contributed by atoms with Crippen molar-refractivity contribution in [1.29, 1.82) is 0 Å². The molecule has 0 spiro atoms. The lowest BCUT2D eigenvalue weighted by Crippen LogP contribution is -2.36. The first-order valence-electron chi connectivity index (χ1n) is 9.38. The number of amides is 1. The molecular weight excluding hydrogens is 452 g/mol. The van der Waals surface area contributed by atoms with Crippen molar-refractivity contribution in [2.45, 2.75) is 31.6 Å². The summed E-state index contributed by atoms with van der Waals surface area (Å²) in [7, 11) is 0. The van der Waals surface area contributed by atoms with E-state index in [1.807, 2.05) is 19.1 Å². The number of alkyl halides is 3. The fraction of sp³-hybridized carbons (Fsp3) is 0.238. The molecule has 0 unspecified atom stereocenters. The van der Waals surface area contributed by atoms with Gasteiger partial charge in [0.2, 0.25) is 0 Å². The van der Waals surface area contributed by atoms with Crippen LogP contribution in [-0.4, -0.2) is 21.9 Å². The first-order valence-corrected chi connectivity index (χ1v) is 10.1. The van der Waals surface area contributed by atoms with E-state index in [9.17, 15) is 18.0 Å². The second-order valence-corrected chi connectivity index (χ2v) is 8.09. The van der Waals surface area contributed by atoms with Crippen LogP contribution in [-0.2, 0) is 0 Å². The zero-order valence-electron chi connectivity index (χ0n) is 16.2. The molecule has 3 aromatic rings. The molecule has 1 aliphatic heterocycles. The summed E-state index contributed by atoms with van der Waals surface area (Å²) in [6, 6.07) is 9.41. The summed E-state index contributed by atoms with van der Waals surface area (Å²) in [6.07, 6.45) is -3.66. The maximum absolute atomic E-state index is 13.8. The number of halogens is 5. The van der Waals surface area contributed by atoms with E-state index in [2.05, 4.69) is 15.7 Å². The molecule has 10 heteroatoms. The number of aromatic nitrogens is 2. The number of aryl methyl sites for hydroxylation is 1. The van der Waals surface area contributed by atoms with Crippen LogP contribution in [0.4, 0.5) is 24.7 Å². The van der Waals surface area contributed by atoms with Crippen molar-refractivity contribution in [2.75, 3.05) is 10.6 Å². The Kier molecular flexibility index (Phi) is 5.61. The van der Waals surface area contributed by atoms with Crippen LogP contribution in [0.5, 0.6) is 0 Å². The number of nitrogens with zero attached hydrogens (tertiary/aromatic N) is 2. The van der Waals surface area contributed by atoms with E-state index in [0.29, 0.717) is 5.56 Å². The highest BCUT2D eigenvalue weighted by atomic mass is 35.5. The molecular formula is C21H17Cl2F3N4O. The van der Waals surface area contributed by atoms with E-state index in [-0.39, 0.29) is 33.5 Å². The number of anilines is 2. The van der Waals surface area contributed by atoms with E-state index in [4.69, 9.17) is 23.2 Å². The molecule has 0 fully saturated rings. The molecule has 5 nitrogen and oxygen atoms in total. The van der Waals surface area contributed by atoms with Crippen LogP contribution in [0.2, 0.25) is 10.0 Å². The molecule has 0 radical (unpaired) electrons. The van der Waals surface area contributed by atoms with Gasteiger partial charge >= 0.3 is 6.18 Å². The van der Waals surface area contributed by atoms with Crippen molar-refractivity contribution in [3.63, 3.8) is 0 Å². The first-order chi connectivity index (χ1) is 14.6. The molecule has 4 rings (SSSR count). The van der Waals surface area contributed by atoms with Gasteiger partial charge in [-0.15, -0.1) is 0 Å². The molecule has 2 aromatic carbocycles. The minimum absolute atomic E-state index is 0.00481. The van der Waals surface area contributed by atoms with Crippen LogP contribution in [0.15, 0.2) is 48.7 Å². The van der Waals surface area contributed by atoms with Crippen molar-refractivity contribution < 1.29 is 18.0 Å². The molecule has 2 N–H and O–H groups in total. The van der Waals surface area contributed by atoms with Crippen LogP contribution in [0.25, 0.3) is 0 Å². The largest absolute Gasteiger partial charge is 0.410 e. The highest BCUT2D eigenvalue weighted by Gasteiger charge is 2.47. The SMILES string of the molecule is Cc1ccc([C@H]2C[C@H](C(F)(F)F)n3ncc(C(=O)Nc4cccc(Cl)c4Cl)c3N2)cc1. The molecule has 1 aromatic heterocycles. The van der Waals surface area contributed by atoms with E-state index in [0.717, 1.165) is 16.4 Å². The van der Waals surface area contributed by atoms with E-state index in [1.54, 1.807) is 30.3 Å². The normalized spacial score (nSPS) is 18.3. The minimum Gasteiger partial charge on any atom is -0.363 e. The second kappa shape index (κ2) is 8.09. The van der Waals surface area contributed by atoms with Gasteiger partial charge < -0.3 is 10.6 Å². The highest BCUT2D eigenvalue weighted by molar-refractivity contribution is 6.44. The van der Waals surface area contributed by atoms with Crippen LogP contribution in [0.1, 0.15) is 40.0 Å². The quantitative estimate of drug-likeness (QED) is 0.466. The molecule has 0 saturated heterocycles. The standard InChI is InChI=1S/C21H17Cl2F3N4O/c1-11-5-7-12(8-6-11)16-9-17(21(24,25)26)30-19(28-16)13(10-27-30)20(31)29-15-4-2-3-14(22)18(15)23/h2-8,10,16-17,28H,9H2,1H3,(H,29,31)/t16-,17-/m1/s1. The summed E-state index contributed by atoms with van der Waals surface area (Å²) in [4.78, 5) is 12.9. The molecule has 1 aliphatic rings. The smallest absolute Gasteiger partial charge is 0.363 e. The summed E-state index contributed by atoms with van der Waals surface area (Å²) in [5, 5.41) is 9.89. The number of fused-ring (bicyclic) bond motifs is 1. The Labute approximate surface area is 186 Å². The average Bonchev–Trinajstić information content (AvgIpc) is 3.14. The van der Waals surface area contributed by atoms with Crippen LogP contribution < -0.4 is 10.6 Å². The average molecular weight is 469 g/mol. The van der Waals surface area contributed by atoms with Gasteiger partial charge in [-0.25, -0.2) is 4.68 Å². The molecule has 1 amide bonds. The fourth-order valence-electron chi connectivity index (χ4n) is 3.54. The third kappa shape index (κ3) is 4.22. The van der Waals surface area contributed by atoms with Crippen LogP contribution in [0.3, 0.4) is 0 Å². The molecule has 0 aliphatic carbocycles. The monoisotopic (exact) mass is 468 g/mol. The molecule has 0 saturated carbocycles. The van der Waals surface area contributed by atoms with E-state index < -0.39 is 24.2 Å². The minimum atomic E-state index is -4.53. The molecule has 162 valence electrons. The lowest BCUT2D eigenvalue weighted by Gasteiger charge is -2.34. The fourth-order valence-corrected chi connectivity index (χ4v) is 3.88. The topological polar surface area (TPSA) is 59.0 Å². The highest BCUT2D eigenvalue weighted by Crippen LogP contribution is 2.44. The summed E-state index contributed by atoms with van der Waals surface area (Å²) in [5.74, 6) is -0.654. The third-order valence-corrected chi connectivity index (χ3v) is 5.98. The van der Waals surface area contributed by atoms with Gasteiger partial charge in [0.25, 0.3) is 5.91 Å². The Morgan fingerprint density at radius 2 is 1.90 bits per heavy atom. The molecule has 2 atom stereocenters. The van der Waals surface area contributed by atoms with E-state index >= 15 is 0 Å². The Bertz CT molecular complexity index is 1130. The number of benzene rings is 2. The lowest BCUT2D eigenvalue weighted by atomic mass is 9.96. The number of carbonyl (C=O) groups excluding carboxylic acids is 1. The van der Waals surface area contributed by atoms with Gasteiger partial charge in [0, 0.05) is 6.42 Å². The van der Waals surface area contributed by atoms with Gasteiger partial charge in [-0.05, 0) is 24.6 Å². The second-order valence-electron chi connectivity index (χ2n) is 7.31. The maximum atomic E-state index is 13.8. The summed E-state index contributed by atoms with van der Waals surface area (Å²) >= 11 is 12.1. The third-order valence-electron chi connectivity index (χ3n) is 5.16. The van der Waals surface area contributed by atoms with Gasteiger partial charge in [0.05, 0.1) is 28.0 Å². The summed E-state index contributed by atoms with van der Waals surface area (Å²) < 4.78 is 42.2. The lowest BCUT2D eigenvalue weighted by molar-refractivity contribution is -0.173. The van der Waals surface area contributed by atoms with E-state index in [1.165, 1.54) is 0 Å². The van der Waals surface area contributed by atoms with Crippen LogP contribution >= 0.6 is 23.2 Å². The van der Waals surface area contributed by atoms with Crippen molar-refractivity contribution in [2.24, 2.45) is 0 Å². The number of nitrogens with one attached hydrogen (secondary N) is 2. The van der Waals surface area contributed by atoms with Gasteiger partial charge in [-0.3, -0.25) is 4.79 Å². The van der Waals surface area contributed by atoms with Gasteiger partial charge in [0.1, 0.15) is 11.4 Å². The van der Waals surface area contributed by atoms with Gasteiger partial charge in [0.15, 0.2) is 6.04 Å². The zero-order valence-corrected chi connectivity index (χ0v) is 17.7. The zero-order chi connectivity index (χ0) is 22.3. The Hall–Kier alpha value is -2.71. The predicted molar refractivity (Wildman–Crippen MR) is 114 cm³/mol. The predicted octanol–water partition coefficient (Wildman–Crippen LogP) is 6.41. The summed E-state index contributed by atoms with van der Waals surface area (Å²) in [6.45, 7) is 1.90. The summed E-state index contributed by atoms with van der Waals surface area (Å²) in [5.41, 5.74) is 1.91. The Morgan fingerprint density at radius 1 is 1.19 bits per heavy atom. The Balaban J connectivity index is 1.70. The number of hydrogen-bond donors (Lipinski definition) is 2.